The van der Waals surface area contributed by atoms with Gasteiger partial charge in [-0.1, -0.05) is 50.6 Å². The predicted molar refractivity (Wildman–Crippen MR) is 154 cm³/mol. The number of benzene rings is 3. The molecule has 4 rings (SSSR count). The van der Waals surface area contributed by atoms with Gasteiger partial charge in [0.15, 0.2) is 11.5 Å². The van der Waals surface area contributed by atoms with Crippen LogP contribution in [0.15, 0.2) is 72.3 Å². The maximum absolute atomic E-state index is 13.1. The highest BCUT2D eigenvalue weighted by atomic mass is 35.5. The highest BCUT2D eigenvalue weighted by Gasteiger charge is 2.36. The molecule has 0 radical (unpaired) electrons. The number of barbiturate groups is 1. The van der Waals surface area contributed by atoms with Gasteiger partial charge < -0.3 is 14.2 Å². The van der Waals surface area contributed by atoms with Crippen LogP contribution in [0.2, 0.25) is 5.02 Å². The van der Waals surface area contributed by atoms with Gasteiger partial charge in [0.1, 0.15) is 24.5 Å². The number of halogens is 1. The zero-order valence-corrected chi connectivity index (χ0v) is 23.6. The molecule has 0 spiro atoms. The number of imide groups is 2. The lowest BCUT2D eigenvalue weighted by Gasteiger charge is -2.26. The summed E-state index contributed by atoms with van der Waals surface area (Å²) in [7, 11) is 0. The van der Waals surface area contributed by atoms with Gasteiger partial charge in [-0.05, 0) is 78.1 Å². The first kappa shape index (κ1) is 28.7. The molecule has 9 heteroatoms. The molecule has 1 N–H and O–H groups in total. The molecule has 208 valence electrons. The van der Waals surface area contributed by atoms with E-state index < -0.39 is 17.8 Å². The summed E-state index contributed by atoms with van der Waals surface area (Å²) in [4.78, 5) is 39.0. The molecule has 1 heterocycles. The summed E-state index contributed by atoms with van der Waals surface area (Å²) in [6.45, 7) is 9.31. The minimum Gasteiger partial charge on any atom is -0.490 e. The molecule has 0 bridgehead atoms. The van der Waals surface area contributed by atoms with E-state index in [2.05, 4.69) is 38.2 Å². The Morgan fingerprint density at radius 3 is 2.17 bits per heavy atom. The van der Waals surface area contributed by atoms with Crippen LogP contribution in [-0.2, 0) is 15.0 Å². The number of hydrogen-bond acceptors (Lipinski definition) is 6. The zero-order valence-electron chi connectivity index (χ0n) is 22.8. The lowest BCUT2D eigenvalue weighted by molar-refractivity contribution is -0.122. The van der Waals surface area contributed by atoms with E-state index in [0.29, 0.717) is 35.3 Å². The molecule has 8 nitrogen and oxygen atoms in total. The summed E-state index contributed by atoms with van der Waals surface area (Å²) in [5.74, 6) is 0.159. The second-order valence-corrected chi connectivity index (χ2v) is 10.5. The van der Waals surface area contributed by atoms with E-state index in [-0.39, 0.29) is 23.3 Å². The molecular weight excluding hydrogens is 532 g/mol. The fourth-order valence-electron chi connectivity index (χ4n) is 4.01. The van der Waals surface area contributed by atoms with Crippen LogP contribution in [-0.4, -0.2) is 37.7 Å². The van der Waals surface area contributed by atoms with E-state index in [1.54, 1.807) is 30.3 Å². The van der Waals surface area contributed by atoms with Crippen molar-refractivity contribution in [3.05, 3.63) is 88.5 Å². The number of carbonyl (C=O) groups is 3. The van der Waals surface area contributed by atoms with Gasteiger partial charge in [0, 0.05) is 5.02 Å². The van der Waals surface area contributed by atoms with Gasteiger partial charge in [0.25, 0.3) is 11.8 Å². The molecule has 0 saturated carbocycles. The Bertz CT molecular complexity index is 1430. The van der Waals surface area contributed by atoms with E-state index >= 15 is 0 Å². The molecule has 1 aliphatic rings. The molecule has 0 unspecified atom stereocenters. The second-order valence-electron chi connectivity index (χ2n) is 10.0. The highest BCUT2D eigenvalue weighted by Crippen LogP contribution is 2.31. The molecule has 4 amide bonds. The number of anilines is 1. The van der Waals surface area contributed by atoms with Crippen LogP contribution in [0.3, 0.4) is 0 Å². The number of rotatable bonds is 9. The summed E-state index contributed by atoms with van der Waals surface area (Å²) in [5.41, 5.74) is 1.91. The summed E-state index contributed by atoms with van der Waals surface area (Å²) in [6, 6.07) is 18.4. The van der Waals surface area contributed by atoms with E-state index in [1.807, 2.05) is 19.1 Å². The lowest BCUT2D eigenvalue weighted by Crippen LogP contribution is -2.54. The Kier molecular flexibility index (Phi) is 8.80. The van der Waals surface area contributed by atoms with Gasteiger partial charge in [-0.3, -0.25) is 14.9 Å². The predicted octanol–water partition coefficient (Wildman–Crippen LogP) is 6.16. The van der Waals surface area contributed by atoms with Crippen molar-refractivity contribution in [3.63, 3.8) is 0 Å². The number of urea groups is 1. The summed E-state index contributed by atoms with van der Waals surface area (Å²) < 4.78 is 17.4. The van der Waals surface area contributed by atoms with Crippen LogP contribution in [0.25, 0.3) is 6.08 Å². The fourth-order valence-corrected chi connectivity index (χ4v) is 4.14. The Morgan fingerprint density at radius 2 is 1.52 bits per heavy atom. The smallest absolute Gasteiger partial charge is 0.335 e. The summed E-state index contributed by atoms with van der Waals surface area (Å²) in [6.07, 6.45) is 1.41. The first-order valence-electron chi connectivity index (χ1n) is 12.9. The normalized spacial score (nSPS) is 14.8. The van der Waals surface area contributed by atoms with Crippen LogP contribution >= 0.6 is 11.6 Å². The van der Waals surface area contributed by atoms with Crippen molar-refractivity contribution in [2.75, 3.05) is 24.7 Å². The van der Waals surface area contributed by atoms with Crippen LogP contribution in [0.1, 0.15) is 38.8 Å². The van der Waals surface area contributed by atoms with Crippen LogP contribution in [0.5, 0.6) is 17.2 Å². The number of amides is 4. The van der Waals surface area contributed by atoms with Gasteiger partial charge in [-0.25, -0.2) is 9.69 Å². The van der Waals surface area contributed by atoms with E-state index in [0.717, 1.165) is 10.6 Å². The topological polar surface area (TPSA) is 94.2 Å². The molecule has 1 aliphatic heterocycles. The van der Waals surface area contributed by atoms with Gasteiger partial charge in [-0.2, -0.15) is 0 Å². The summed E-state index contributed by atoms with van der Waals surface area (Å²) >= 11 is 5.92. The molecule has 1 saturated heterocycles. The lowest BCUT2D eigenvalue weighted by atomic mass is 9.87. The van der Waals surface area contributed by atoms with Crippen LogP contribution in [0, 0.1) is 0 Å². The average molecular weight is 563 g/mol. The van der Waals surface area contributed by atoms with Gasteiger partial charge in [-0.15, -0.1) is 0 Å². The van der Waals surface area contributed by atoms with Crippen molar-refractivity contribution < 1.29 is 28.6 Å². The maximum Gasteiger partial charge on any atom is 0.335 e. The summed E-state index contributed by atoms with van der Waals surface area (Å²) in [5, 5.41) is 2.66. The Balaban J connectivity index is 1.45. The van der Waals surface area contributed by atoms with Crippen molar-refractivity contribution in [3.8, 4) is 17.2 Å². The quantitative estimate of drug-likeness (QED) is 0.191. The van der Waals surface area contributed by atoms with E-state index in [1.165, 1.54) is 23.8 Å². The first-order valence-corrected chi connectivity index (χ1v) is 13.2. The molecule has 1 fully saturated rings. The standard InChI is InChI=1S/C31H31ClN2O6/c1-5-38-27-19-20(6-15-26(27)40-17-16-39-24-13-7-21(8-14-24)31(2,3)4)18-25-28(35)33-30(37)34(29(25)36)23-11-9-22(32)10-12-23/h6-15,18-19H,5,16-17H2,1-4H3,(H,33,35,37)/b25-18-. The average Bonchev–Trinajstić information content (AvgIpc) is 2.91. The van der Waals surface area contributed by atoms with Crippen LogP contribution < -0.4 is 24.4 Å². The second kappa shape index (κ2) is 12.3. The van der Waals surface area contributed by atoms with E-state index in [4.69, 9.17) is 25.8 Å². The molecule has 3 aromatic carbocycles. The van der Waals surface area contributed by atoms with Gasteiger partial charge in [0.2, 0.25) is 0 Å². The van der Waals surface area contributed by atoms with Crippen molar-refractivity contribution in [1.82, 2.24) is 5.32 Å². The monoisotopic (exact) mass is 562 g/mol. The van der Waals surface area contributed by atoms with Gasteiger partial charge in [0.05, 0.1) is 12.3 Å². The third-order valence-corrected chi connectivity index (χ3v) is 6.35. The Hall–Kier alpha value is -4.30. The molecule has 0 atom stereocenters. The number of nitrogens with zero attached hydrogens (tertiary/aromatic N) is 1. The Morgan fingerprint density at radius 1 is 0.850 bits per heavy atom. The molecule has 40 heavy (non-hydrogen) atoms. The zero-order chi connectivity index (χ0) is 28.9. The van der Waals surface area contributed by atoms with Crippen molar-refractivity contribution in [1.29, 1.82) is 0 Å². The number of nitrogens with one attached hydrogen (secondary N) is 1. The highest BCUT2D eigenvalue weighted by molar-refractivity contribution is 6.39. The third kappa shape index (κ3) is 6.82. The van der Waals surface area contributed by atoms with Gasteiger partial charge >= 0.3 is 6.03 Å². The molecule has 0 aliphatic carbocycles. The maximum atomic E-state index is 13.1. The van der Waals surface area contributed by atoms with Crippen LogP contribution in [0.4, 0.5) is 10.5 Å². The van der Waals surface area contributed by atoms with Crippen molar-refractivity contribution >= 4 is 41.2 Å². The molecule has 3 aromatic rings. The third-order valence-electron chi connectivity index (χ3n) is 6.10. The fraction of sp³-hybridized carbons (Fsp3) is 0.258. The van der Waals surface area contributed by atoms with E-state index in [9.17, 15) is 14.4 Å². The first-order chi connectivity index (χ1) is 19.1. The molecular formula is C31H31ClN2O6. The SMILES string of the molecule is CCOc1cc(/C=C2/C(=O)NC(=O)N(c3ccc(Cl)cc3)C2=O)ccc1OCCOc1ccc(C(C)(C)C)cc1. The number of ether oxygens (including phenoxy) is 3. The largest absolute Gasteiger partial charge is 0.490 e. The minimum absolute atomic E-state index is 0.0704. The minimum atomic E-state index is -0.833. The number of carbonyl (C=O) groups excluding carboxylic acids is 3. The number of hydrogen-bond donors (Lipinski definition) is 1. The van der Waals surface area contributed by atoms with Crippen molar-refractivity contribution in [2.24, 2.45) is 0 Å². The molecule has 0 aromatic heterocycles. The van der Waals surface area contributed by atoms with Crippen molar-refractivity contribution in [2.45, 2.75) is 33.1 Å². The Labute approximate surface area is 238 Å².